The van der Waals surface area contributed by atoms with Gasteiger partial charge in [-0.25, -0.2) is 0 Å². The Balaban J connectivity index is 1.48. The first-order chi connectivity index (χ1) is 10.2. The molecule has 3 rings (SSSR count). The second-order valence-electron chi connectivity index (χ2n) is 6.13. The van der Waals surface area contributed by atoms with Gasteiger partial charge < -0.3 is 14.5 Å². The van der Waals surface area contributed by atoms with E-state index in [4.69, 9.17) is 4.74 Å². The Morgan fingerprint density at radius 1 is 1.33 bits per heavy atom. The zero-order valence-electron chi connectivity index (χ0n) is 13.2. The number of benzene rings is 1. The molecule has 0 saturated carbocycles. The molecule has 1 saturated heterocycles. The number of likely N-dealkylation sites (tertiary alicyclic amines) is 1. The molecule has 0 aliphatic carbocycles. The third kappa shape index (κ3) is 3.67. The Kier molecular flexibility index (Phi) is 4.96. The van der Waals surface area contributed by atoms with Gasteiger partial charge in [0.25, 0.3) is 0 Å². The molecule has 2 aliphatic heterocycles. The first-order valence-electron chi connectivity index (χ1n) is 8.09. The quantitative estimate of drug-likeness (QED) is 0.774. The Hall–Kier alpha value is -0.870. The standard InChI is InChI=1S/C17H26N2OS/c1-14-5-3-8-19(14)9-4-11-20-15-6-7-17-16(13-15)18(2)10-12-21-17/h6-7,13-14H,3-5,8-12H2,1-2H3/t14-/m1/s1. The predicted octanol–water partition coefficient (Wildman–Crippen LogP) is 3.48. The maximum atomic E-state index is 5.95. The van der Waals surface area contributed by atoms with Crippen molar-refractivity contribution in [2.45, 2.75) is 37.1 Å². The van der Waals surface area contributed by atoms with Crippen LogP contribution in [0.25, 0.3) is 0 Å². The maximum absolute atomic E-state index is 5.95. The molecular weight excluding hydrogens is 280 g/mol. The SMILES string of the molecule is C[C@@H]1CCCN1CCCOc1ccc2c(c1)N(C)CCS2. The lowest BCUT2D eigenvalue weighted by Crippen LogP contribution is -2.28. The van der Waals surface area contributed by atoms with Crippen molar-refractivity contribution < 1.29 is 4.74 Å². The van der Waals surface area contributed by atoms with Crippen molar-refractivity contribution in [2.24, 2.45) is 0 Å². The van der Waals surface area contributed by atoms with Crippen molar-refractivity contribution in [1.29, 1.82) is 0 Å². The van der Waals surface area contributed by atoms with Crippen LogP contribution in [0.3, 0.4) is 0 Å². The van der Waals surface area contributed by atoms with E-state index in [1.54, 1.807) is 0 Å². The van der Waals surface area contributed by atoms with Gasteiger partial charge in [-0.1, -0.05) is 0 Å². The largest absolute Gasteiger partial charge is 0.493 e. The second-order valence-corrected chi connectivity index (χ2v) is 7.27. The molecule has 2 heterocycles. The lowest BCUT2D eigenvalue weighted by atomic mass is 10.2. The summed E-state index contributed by atoms with van der Waals surface area (Å²) in [6, 6.07) is 7.27. The molecule has 1 aromatic rings. The highest BCUT2D eigenvalue weighted by Gasteiger charge is 2.19. The third-order valence-corrected chi connectivity index (χ3v) is 5.62. The van der Waals surface area contributed by atoms with Crippen LogP contribution in [0.5, 0.6) is 5.75 Å². The molecule has 4 heteroatoms. The summed E-state index contributed by atoms with van der Waals surface area (Å²) < 4.78 is 5.95. The zero-order valence-corrected chi connectivity index (χ0v) is 14.0. The van der Waals surface area contributed by atoms with Gasteiger partial charge in [0.15, 0.2) is 0 Å². The van der Waals surface area contributed by atoms with Crippen LogP contribution in [0.4, 0.5) is 5.69 Å². The van der Waals surface area contributed by atoms with Gasteiger partial charge in [-0.15, -0.1) is 11.8 Å². The third-order valence-electron chi connectivity index (χ3n) is 4.57. The molecule has 0 amide bonds. The fraction of sp³-hybridized carbons (Fsp3) is 0.647. The first kappa shape index (κ1) is 15.0. The van der Waals surface area contributed by atoms with E-state index in [1.807, 2.05) is 11.8 Å². The van der Waals surface area contributed by atoms with E-state index < -0.39 is 0 Å². The van der Waals surface area contributed by atoms with Crippen molar-refractivity contribution in [3.05, 3.63) is 18.2 Å². The molecule has 0 aromatic heterocycles. The molecule has 0 radical (unpaired) electrons. The van der Waals surface area contributed by atoms with Crippen molar-refractivity contribution in [3.63, 3.8) is 0 Å². The summed E-state index contributed by atoms with van der Waals surface area (Å²) >= 11 is 1.94. The van der Waals surface area contributed by atoms with Gasteiger partial charge in [-0.3, -0.25) is 0 Å². The lowest BCUT2D eigenvalue weighted by Gasteiger charge is -2.27. The molecule has 1 aromatic carbocycles. The van der Waals surface area contributed by atoms with Crippen LogP contribution in [-0.2, 0) is 0 Å². The highest BCUT2D eigenvalue weighted by Crippen LogP contribution is 2.36. The molecule has 21 heavy (non-hydrogen) atoms. The van der Waals surface area contributed by atoms with E-state index in [9.17, 15) is 0 Å². The number of thioether (sulfide) groups is 1. The van der Waals surface area contributed by atoms with Gasteiger partial charge in [-0.2, -0.15) is 0 Å². The monoisotopic (exact) mass is 306 g/mol. The van der Waals surface area contributed by atoms with Crippen molar-refractivity contribution in [3.8, 4) is 5.75 Å². The van der Waals surface area contributed by atoms with Crippen molar-refractivity contribution in [2.75, 3.05) is 43.9 Å². The minimum atomic E-state index is 0.763. The van der Waals surface area contributed by atoms with Gasteiger partial charge in [0.05, 0.1) is 12.3 Å². The topological polar surface area (TPSA) is 15.7 Å². The summed E-state index contributed by atoms with van der Waals surface area (Å²) in [5, 5.41) is 0. The van der Waals surface area contributed by atoms with Crippen LogP contribution in [0.15, 0.2) is 23.1 Å². The number of fused-ring (bicyclic) bond motifs is 1. The Labute approximate surface area is 132 Å². The predicted molar refractivity (Wildman–Crippen MR) is 90.8 cm³/mol. The Morgan fingerprint density at radius 2 is 2.24 bits per heavy atom. The van der Waals surface area contributed by atoms with Gasteiger partial charge in [0.2, 0.25) is 0 Å². The summed E-state index contributed by atoms with van der Waals surface area (Å²) in [7, 11) is 2.16. The van der Waals surface area contributed by atoms with Crippen LogP contribution >= 0.6 is 11.8 Å². The van der Waals surface area contributed by atoms with E-state index in [-0.39, 0.29) is 0 Å². The van der Waals surface area contributed by atoms with E-state index in [0.29, 0.717) is 0 Å². The average Bonchev–Trinajstić information content (AvgIpc) is 2.90. The minimum Gasteiger partial charge on any atom is -0.493 e. The van der Waals surface area contributed by atoms with Gasteiger partial charge in [0, 0.05) is 42.9 Å². The Morgan fingerprint density at radius 3 is 3.05 bits per heavy atom. The molecule has 1 atom stereocenters. The van der Waals surface area contributed by atoms with Gasteiger partial charge >= 0.3 is 0 Å². The van der Waals surface area contributed by atoms with Crippen molar-refractivity contribution >= 4 is 17.4 Å². The van der Waals surface area contributed by atoms with E-state index in [1.165, 1.54) is 42.3 Å². The Bertz CT molecular complexity index is 480. The summed E-state index contributed by atoms with van der Waals surface area (Å²) in [5.41, 5.74) is 1.32. The number of nitrogens with zero attached hydrogens (tertiary/aromatic N) is 2. The fourth-order valence-electron chi connectivity index (χ4n) is 3.20. The maximum Gasteiger partial charge on any atom is 0.121 e. The van der Waals surface area contributed by atoms with Crippen LogP contribution in [0.2, 0.25) is 0 Å². The molecule has 0 spiro atoms. The van der Waals surface area contributed by atoms with Crippen molar-refractivity contribution in [1.82, 2.24) is 4.90 Å². The van der Waals surface area contributed by atoms with Crippen LogP contribution in [-0.4, -0.2) is 50.0 Å². The first-order valence-corrected chi connectivity index (χ1v) is 9.07. The molecule has 2 aliphatic rings. The summed E-state index contributed by atoms with van der Waals surface area (Å²) in [5.74, 6) is 2.19. The van der Waals surface area contributed by atoms with Gasteiger partial charge in [0.1, 0.15) is 5.75 Å². The number of rotatable bonds is 5. The summed E-state index contributed by atoms with van der Waals surface area (Å²) in [6.07, 6.45) is 3.83. The van der Waals surface area contributed by atoms with Crippen LogP contribution in [0.1, 0.15) is 26.2 Å². The van der Waals surface area contributed by atoms with Gasteiger partial charge in [-0.05, 0) is 44.9 Å². The molecule has 0 bridgehead atoms. The summed E-state index contributed by atoms with van der Waals surface area (Å²) in [6.45, 7) is 6.71. The van der Waals surface area contributed by atoms with Crippen LogP contribution in [0, 0.1) is 0 Å². The number of anilines is 1. The smallest absolute Gasteiger partial charge is 0.121 e. The zero-order chi connectivity index (χ0) is 14.7. The molecule has 116 valence electrons. The van der Waals surface area contributed by atoms with Crippen LogP contribution < -0.4 is 9.64 Å². The molecule has 3 nitrogen and oxygen atoms in total. The fourth-order valence-corrected chi connectivity index (χ4v) is 4.31. The minimum absolute atomic E-state index is 0.763. The van der Waals surface area contributed by atoms with E-state index in [2.05, 4.69) is 42.0 Å². The molecule has 1 fully saturated rings. The highest BCUT2D eigenvalue weighted by molar-refractivity contribution is 7.99. The number of hydrogen-bond donors (Lipinski definition) is 0. The van der Waals surface area contributed by atoms with E-state index >= 15 is 0 Å². The highest BCUT2D eigenvalue weighted by atomic mass is 32.2. The second kappa shape index (κ2) is 6.93. The van der Waals surface area contributed by atoms with E-state index in [0.717, 1.165) is 31.4 Å². The molecule has 0 unspecified atom stereocenters. The molecule has 0 N–H and O–H groups in total. The number of hydrogen-bond acceptors (Lipinski definition) is 4. The molecular formula is C17H26N2OS. The normalized spacial score (nSPS) is 22.4. The average molecular weight is 306 g/mol. The lowest BCUT2D eigenvalue weighted by molar-refractivity contribution is 0.230. The summed E-state index contributed by atoms with van der Waals surface area (Å²) in [4.78, 5) is 6.28. The number of ether oxygens (including phenoxy) is 1.